The fourth-order valence-corrected chi connectivity index (χ4v) is 3.03. The Bertz CT molecular complexity index is 994. The number of hydrogen-bond acceptors (Lipinski definition) is 6. The summed E-state index contributed by atoms with van der Waals surface area (Å²) in [6.45, 7) is 0.776. The summed E-state index contributed by atoms with van der Waals surface area (Å²) in [5.74, 6) is -0.818. The lowest BCUT2D eigenvalue weighted by Gasteiger charge is -2.13. The number of carbonyl (C=O) groups excluding carboxylic acids is 3. The van der Waals surface area contributed by atoms with Gasteiger partial charge in [0.15, 0.2) is 0 Å². The van der Waals surface area contributed by atoms with Crippen LogP contribution in [0.2, 0.25) is 0 Å². The number of hydrogen-bond donors (Lipinski definition) is 1. The van der Waals surface area contributed by atoms with E-state index in [0.717, 1.165) is 5.69 Å². The maximum atomic E-state index is 12.6. The van der Waals surface area contributed by atoms with E-state index in [1.54, 1.807) is 24.3 Å². The van der Waals surface area contributed by atoms with Crippen LogP contribution in [-0.4, -0.2) is 49.8 Å². The molecule has 3 amide bonds. The quantitative estimate of drug-likeness (QED) is 0.382. The summed E-state index contributed by atoms with van der Waals surface area (Å²) < 4.78 is 0. The molecule has 0 aromatic heterocycles. The summed E-state index contributed by atoms with van der Waals surface area (Å²) in [6.07, 6.45) is 3.80. The molecule has 1 N–H and O–H groups in total. The third kappa shape index (κ3) is 5.85. The molecule has 160 valence electrons. The molecular formula is C23H25N5O3. The molecule has 8 heteroatoms. The number of amides is 3. The van der Waals surface area contributed by atoms with Crippen molar-refractivity contribution in [1.82, 2.24) is 10.2 Å². The van der Waals surface area contributed by atoms with Crippen molar-refractivity contribution >= 4 is 34.8 Å². The number of unbranched alkanes of at least 4 members (excludes halogenated alkanes) is 1. The number of rotatable bonds is 9. The SMILES string of the molecule is CN(C)c1ccc(N=Nc2ccccc2C(=O)NCCCCN2C(=O)C=CC2=O)cc1. The van der Waals surface area contributed by atoms with Crippen LogP contribution in [0.4, 0.5) is 17.1 Å². The molecule has 0 bridgehead atoms. The maximum absolute atomic E-state index is 12.6. The number of carbonyl (C=O) groups is 3. The fourth-order valence-electron chi connectivity index (χ4n) is 3.03. The lowest BCUT2D eigenvalue weighted by atomic mass is 10.1. The second-order valence-electron chi connectivity index (χ2n) is 7.25. The smallest absolute Gasteiger partial charge is 0.253 e. The van der Waals surface area contributed by atoms with Crippen molar-refractivity contribution in [3.05, 3.63) is 66.2 Å². The molecular weight excluding hydrogens is 394 g/mol. The highest BCUT2D eigenvalue weighted by atomic mass is 16.2. The normalized spacial score (nSPS) is 13.3. The van der Waals surface area contributed by atoms with Gasteiger partial charge in [0.1, 0.15) is 0 Å². The van der Waals surface area contributed by atoms with Crippen molar-refractivity contribution in [1.29, 1.82) is 0 Å². The minimum Gasteiger partial charge on any atom is -0.378 e. The predicted molar refractivity (Wildman–Crippen MR) is 119 cm³/mol. The zero-order chi connectivity index (χ0) is 22.2. The summed E-state index contributed by atoms with van der Waals surface area (Å²) in [4.78, 5) is 38.8. The molecule has 2 aromatic rings. The molecule has 0 atom stereocenters. The third-order valence-electron chi connectivity index (χ3n) is 4.78. The van der Waals surface area contributed by atoms with Crippen molar-refractivity contribution in [3.63, 3.8) is 0 Å². The number of azo groups is 1. The molecule has 8 nitrogen and oxygen atoms in total. The van der Waals surface area contributed by atoms with E-state index in [-0.39, 0.29) is 17.7 Å². The van der Waals surface area contributed by atoms with Crippen molar-refractivity contribution < 1.29 is 14.4 Å². The minimum atomic E-state index is -0.287. The van der Waals surface area contributed by atoms with Crippen molar-refractivity contribution in [2.45, 2.75) is 12.8 Å². The van der Waals surface area contributed by atoms with Crippen LogP contribution >= 0.6 is 0 Å². The Hall–Kier alpha value is -3.81. The van der Waals surface area contributed by atoms with E-state index < -0.39 is 0 Å². The Morgan fingerprint density at radius 3 is 2.29 bits per heavy atom. The minimum absolute atomic E-state index is 0.243. The van der Waals surface area contributed by atoms with Gasteiger partial charge in [-0.1, -0.05) is 12.1 Å². The van der Waals surface area contributed by atoms with Crippen LogP contribution in [0.25, 0.3) is 0 Å². The van der Waals surface area contributed by atoms with E-state index in [4.69, 9.17) is 0 Å². The summed E-state index contributed by atoms with van der Waals surface area (Å²) in [5, 5.41) is 11.3. The molecule has 1 heterocycles. The highest BCUT2D eigenvalue weighted by molar-refractivity contribution is 6.12. The van der Waals surface area contributed by atoms with Crippen LogP contribution in [0.5, 0.6) is 0 Å². The molecule has 3 rings (SSSR count). The summed E-state index contributed by atoms with van der Waals surface area (Å²) >= 11 is 0. The van der Waals surface area contributed by atoms with Crippen LogP contribution < -0.4 is 10.2 Å². The Morgan fingerprint density at radius 2 is 1.61 bits per heavy atom. The molecule has 0 radical (unpaired) electrons. The van der Waals surface area contributed by atoms with Gasteiger partial charge in [0.2, 0.25) is 0 Å². The Labute approximate surface area is 181 Å². The van der Waals surface area contributed by atoms with Crippen LogP contribution in [0.15, 0.2) is 70.9 Å². The lowest BCUT2D eigenvalue weighted by molar-refractivity contribution is -0.136. The number of benzene rings is 2. The second kappa shape index (κ2) is 10.3. The molecule has 0 fully saturated rings. The van der Waals surface area contributed by atoms with Gasteiger partial charge in [-0.25, -0.2) is 0 Å². The van der Waals surface area contributed by atoms with E-state index in [9.17, 15) is 14.4 Å². The van der Waals surface area contributed by atoms with Gasteiger partial charge in [-0.15, -0.1) is 5.11 Å². The summed E-state index contributed by atoms with van der Waals surface area (Å²) in [7, 11) is 3.93. The highest BCUT2D eigenvalue weighted by Gasteiger charge is 2.22. The summed E-state index contributed by atoms with van der Waals surface area (Å²) in [5.41, 5.74) is 2.68. The number of nitrogens with one attached hydrogen (secondary N) is 1. The first-order valence-electron chi connectivity index (χ1n) is 10.1. The number of imide groups is 1. The Balaban J connectivity index is 1.52. The zero-order valence-corrected chi connectivity index (χ0v) is 17.6. The molecule has 0 saturated heterocycles. The fraction of sp³-hybridized carbons (Fsp3) is 0.261. The van der Waals surface area contributed by atoms with Gasteiger partial charge in [-0.3, -0.25) is 19.3 Å². The van der Waals surface area contributed by atoms with E-state index >= 15 is 0 Å². The monoisotopic (exact) mass is 419 g/mol. The molecule has 1 aliphatic rings. The predicted octanol–water partition coefficient (Wildman–Crippen LogP) is 3.60. The standard InChI is InChI=1S/C23H25N5O3/c1-27(2)18-11-9-17(10-12-18)25-26-20-8-4-3-7-19(20)23(31)24-15-5-6-16-28-21(29)13-14-22(28)30/h3-4,7-14H,5-6,15-16H2,1-2H3,(H,24,31). The van der Waals surface area contributed by atoms with Gasteiger partial charge < -0.3 is 10.2 Å². The van der Waals surface area contributed by atoms with Gasteiger partial charge in [0, 0.05) is 45.0 Å². The van der Waals surface area contributed by atoms with Gasteiger partial charge in [-0.2, -0.15) is 5.11 Å². The number of nitrogens with zero attached hydrogens (tertiary/aromatic N) is 4. The molecule has 2 aromatic carbocycles. The molecule has 1 aliphatic heterocycles. The molecule has 0 spiro atoms. The van der Waals surface area contributed by atoms with Crippen LogP contribution in [0.3, 0.4) is 0 Å². The third-order valence-corrected chi connectivity index (χ3v) is 4.78. The van der Waals surface area contributed by atoms with Crippen LogP contribution in [0, 0.1) is 0 Å². The topological polar surface area (TPSA) is 94.4 Å². The molecule has 0 saturated carbocycles. The first-order chi connectivity index (χ1) is 15.0. The second-order valence-corrected chi connectivity index (χ2v) is 7.25. The Kier molecular flexibility index (Phi) is 7.26. The van der Waals surface area contributed by atoms with Gasteiger partial charge >= 0.3 is 0 Å². The van der Waals surface area contributed by atoms with Gasteiger partial charge in [-0.05, 0) is 49.2 Å². The number of anilines is 1. The first kappa shape index (κ1) is 21.9. The van der Waals surface area contributed by atoms with E-state index in [1.165, 1.54) is 17.1 Å². The molecule has 0 unspecified atom stereocenters. The largest absolute Gasteiger partial charge is 0.378 e. The molecule has 31 heavy (non-hydrogen) atoms. The van der Waals surface area contributed by atoms with Crippen molar-refractivity contribution in [2.75, 3.05) is 32.1 Å². The summed E-state index contributed by atoms with van der Waals surface area (Å²) in [6, 6.07) is 14.7. The molecule has 0 aliphatic carbocycles. The van der Waals surface area contributed by atoms with Crippen molar-refractivity contribution in [2.24, 2.45) is 10.2 Å². The lowest BCUT2D eigenvalue weighted by Crippen LogP contribution is -2.31. The van der Waals surface area contributed by atoms with E-state index in [1.807, 2.05) is 43.3 Å². The maximum Gasteiger partial charge on any atom is 0.253 e. The van der Waals surface area contributed by atoms with E-state index in [0.29, 0.717) is 42.9 Å². The van der Waals surface area contributed by atoms with E-state index in [2.05, 4.69) is 15.5 Å². The average molecular weight is 419 g/mol. The van der Waals surface area contributed by atoms with Gasteiger partial charge in [0.05, 0.1) is 16.9 Å². The average Bonchev–Trinajstić information content (AvgIpc) is 3.09. The Morgan fingerprint density at radius 1 is 0.935 bits per heavy atom. The first-order valence-corrected chi connectivity index (χ1v) is 10.1. The highest BCUT2D eigenvalue weighted by Crippen LogP contribution is 2.24. The zero-order valence-electron chi connectivity index (χ0n) is 17.6. The van der Waals surface area contributed by atoms with Crippen molar-refractivity contribution in [3.8, 4) is 0 Å². The van der Waals surface area contributed by atoms with Crippen LogP contribution in [0.1, 0.15) is 23.2 Å². The van der Waals surface area contributed by atoms with Crippen LogP contribution in [-0.2, 0) is 9.59 Å². The van der Waals surface area contributed by atoms with Gasteiger partial charge in [0.25, 0.3) is 17.7 Å².